The molecule has 0 N–H and O–H groups in total. The van der Waals surface area contributed by atoms with Gasteiger partial charge in [-0.2, -0.15) is 0 Å². The molecule has 2 heterocycles. The molecule has 2 amide bonds. The zero-order valence-corrected chi connectivity index (χ0v) is 15.2. The maximum Gasteiger partial charge on any atom is 0.275 e. The molecule has 0 atom stereocenters. The maximum absolute atomic E-state index is 13.8. The Balaban J connectivity index is 1.68. The molecule has 26 heavy (non-hydrogen) atoms. The standard InChI is InChI=1S/C19H22FN3O3/c1-12-16(19(25)22(2)3)21-17(26-12)13-8-10-23(11-9-13)18(24)14-6-4-5-7-15(14)20/h4-7,13H,8-11H2,1-3H3. The topological polar surface area (TPSA) is 66.7 Å². The number of piperidine rings is 1. The highest BCUT2D eigenvalue weighted by molar-refractivity contribution is 5.94. The maximum atomic E-state index is 13.8. The Morgan fingerprint density at radius 3 is 2.50 bits per heavy atom. The average molecular weight is 359 g/mol. The van der Waals surface area contributed by atoms with Gasteiger partial charge in [-0.3, -0.25) is 9.59 Å². The number of oxazole rings is 1. The molecular weight excluding hydrogens is 337 g/mol. The van der Waals surface area contributed by atoms with Crippen LogP contribution in [0, 0.1) is 12.7 Å². The molecular formula is C19H22FN3O3. The number of aryl methyl sites for hydroxylation is 1. The summed E-state index contributed by atoms with van der Waals surface area (Å²) in [6.45, 7) is 2.72. The largest absolute Gasteiger partial charge is 0.445 e. The summed E-state index contributed by atoms with van der Waals surface area (Å²) < 4.78 is 19.5. The van der Waals surface area contributed by atoms with Crippen LogP contribution in [-0.2, 0) is 0 Å². The van der Waals surface area contributed by atoms with Gasteiger partial charge in [-0.05, 0) is 31.9 Å². The summed E-state index contributed by atoms with van der Waals surface area (Å²) in [4.78, 5) is 32.1. The third kappa shape index (κ3) is 3.47. The average Bonchev–Trinajstić information content (AvgIpc) is 3.02. The van der Waals surface area contributed by atoms with Crippen LogP contribution in [0.3, 0.4) is 0 Å². The first-order valence-electron chi connectivity index (χ1n) is 8.61. The fraction of sp³-hybridized carbons (Fsp3) is 0.421. The Kier molecular flexibility index (Phi) is 5.06. The van der Waals surface area contributed by atoms with Gasteiger partial charge in [0.2, 0.25) is 0 Å². The van der Waals surface area contributed by atoms with Crippen molar-refractivity contribution >= 4 is 11.8 Å². The second kappa shape index (κ2) is 7.27. The molecule has 0 spiro atoms. The molecule has 0 radical (unpaired) electrons. The highest BCUT2D eigenvalue weighted by Gasteiger charge is 2.30. The van der Waals surface area contributed by atoms with Gasteiger partial charge in [0.25, 0.3) is 11.8 Å². The quantitative estimate of drug-likeness (QED) is 0.845. The van der Waals surface area contributed by atoms with Crippen LogP contribution in [0.25, 0.3) is 0 Å². The van der Waals surface area contributed by atoms with E-state index in [0.717, 1.165) is 0 Å². The van der Waals surface area contributed by atoms with Crippen molar-refractivity contribution in [3.63, 3.8) is 0 Å². The zero-order chi connectivity index (χ0) is 18.8. The van der Waals surface area contributed by atoms with E-state index in [-0.39, 0.29) is 23.3 Å². The monoisotopic (exact) mass is 359 g/mol. The van der Waals surface area contributed by atoms with E-state index in [9.17, 15) is 14.0 Å². The number of carbonyl (C=O) groups is 2. The van der Waals surface area contributed by atoms with Gasteiger partial charge in [0.1, 0.15) is 11.6 Å². The van der Waals surface area contributed by atoms with Crippen molar-refractivity contribution in [1.82, 2.24) is 14.8 Å². The molecule has 1 aromatic carbocycles. The molecule has 6 nitrogen and oxygen atoms in total. The van der Waals surface area contributed by atoms with Gasteiger partial charge < -0.3 is 14.2 Å². The van der Waals surface area contributed by atoms with E-state index in [4.69, 9.17) is 4.42 Å². The number of benzene rings is 1. The molecule has 138 valence electrons. The third-order valence-corrected chi connectivity index (χ3v) is 4.66. The van der Waals surface area contributed by atoms with Crippen molar-refractivity contribution in [2.24, 2.45) is 0 Å². The lowest BCUT2D eigenvalue weighted by atomic mass is 9.96. The van der Waals surface area contributed by atoms with Gasteiger partial charge in [-0.15, -0.1) is 0 Å². The summed E-state index contributed by atoms with van der Waals surface area (Å²) in [6, 6.07) is 6.01. The second-order valence-corrected chi connectivity index (χ2v) is 6.70. The molecule has 1 fully saturated rings. The number of likely N-dealkylation sites (tertiary alicyclic amines) is 1. The SMILES string of the molecule is Cc1oc(C2CCN(C(=O)c3ccccc3F)CC2)nc1C(=O)N(C)C. The Morgan fingerprint density at radius 2 is 1.88 bits per heavy atom. The lowest BCUT2D eigenvalue weighted by molar-refractivity contribution is 0.0701. The summed E-state index contributed by atoms with van der Waals surface area (Å²) in [6.07, 6.45) is 1.32. The van der Waals surface area contributed by atoms with E-state index in [1.54, 1.807) is 38.1 Å². The van der Waals surface area contributed by atoms with Crippen molar-refractivity contribution in [1.29, 1.82) is 0 Å². The molecule has 3 rings (SSSR count). The number of hydrogen-bond acceptors (Lipinski definition) is 4. The van der Waals surface area contributed by atoms with Gasteiger partial charge in [0.15, 0.2) is 11.6 Å². The molecule has 0 aliphatic carbocycles. The summed E-state index contributed by atoms with van der Waals surface area (Å²) in [5.41, 5.74) is 0.423. The molecule has 1 aliphatic heterocycles. The Morgan fingerprint density at radius 1 is 1.23 bits per heavy atom. The predicted octanol–water partition coefficient (Wildman–Crippen LogP) is 2.84. The van der Waals surface area contributed by atoms with Crippen LogP contribution in [0.5, 0.6) is 0 Å². The van der Waals surface area contributed by atoms with Crippen molar-refractivity contribution in [3.8, 4) is 0 Å². The number of amides is 2. The van der Waals surface area contributed by atoms with Crippen LogP contribution in [0.4, 0.5) is 4.39 Å². The lowest BCUT2D eigenvalue weighted by Crippen LogP contribution is -2.38. The molecule has 7 heteroatoms. The summed E-state index contributed by atoms with van der Waals surface area (Å²) >= 11 is 0. The number of rotatable bonds is 3. The number of nitrogens with zero attached hydrogens (tertiary/aromatic N) is 3. The smallest absolute Gasteiger partial charge is 0.275 e. The first-order valence-corrected chi connectivity index (χ1v) is 8.61. The van der Waals surface area contributed by atoms with Crippen LogP contribution in [0.15, 0.2) is 28.7 Å². The van der Waals surface area contributed by atoms with Crippen molar-refractivity contribution in [2.45, 2.75) is 25.7 Å². The van der Waals surface area contributed by atoms with E-state index in [2.05, 4.69) is 4.98 Å². The Labute approximate surface area is 151 Å². The molecule has 0 unspecified atom stereocenters. The van der Waals surface area contributed by atoms with E-state index < -0.39 is 5.82 Å². The minimum absolute atomic E-state index is 0.0436. The fourth-order valence-electron chi connectivity index (χ4n) is 3.14. The summed E-state index contributed by atoms with van der Waals surface area (Å²) in [7, 11) is 3.34. The van der Waals surface area contributed by atoms with Crippen molar-refractivity contribution in [2.75, 3.05) is 27.2 Å². The number of aromatic nitrogens is 1. The number of hydrogen-bond donors (Lipinski definition) is 0. The predicted molar refractivity (Wildman–Crippen MR) is 93.5 cm³/mol. The third-order valence-electron chi connectivity index (χ3n) is 4.66. The van der Waals surface area contributed by atoms with Crippen molar-refractivity contribution < 1.29 is 18.4 Å². The zero-order valence-electron chi connectivity index (χ0n) is 15.2. The van der Waals surface area contributed by atoms with E-state index in [0.29, 0.717) is 43.3 Å². The molecule has 1 aliphatic rings. The first-order chi connectivity index (χ1) is 12.4. The van der Waals surface area contributed by atoms with Gasteiger partial charge in [0.05, 0.1) is 5.56 Å². The highest BCUT2D eigenvalue weighted by Crippen LogP contribution is 2.29. The van der Waals surface area contributed by atoms with Crippen LogP contribution >= 0.6 is 0 Å². The first kappa shape index (κ1) is 18.1. The number of halogens is 1. The Bertz CT molecular complexity index is 823. The van der Waals surface area contributed by atoms with E-state index in [1.165, 1.54) is 17.0 Å². The van der Waals surface area contributed by atoms with E-state index >= 15 is 0 Å². The Hall–Kier alpha value is -2.70. The minimum atomic E-state index is -0.505. The fourth-order valence-corrected chi connectivity index (χ4v) is 3.14. The molecule has 1 aromatic heterocycles. The normalized spacial score (nSPS) is 15.2. The highest BCUT2D eigenvalue weighted by atomic mass is 19.1. The molecule has 2 aromatic rings. The number of carbonyl (C=O) groups excluding carboxylic acids is 2. The lowest BCUT2D eigenvalue weighted by Gasteiger charge is -2.30. The van der Waals surface area contributed by atoms with Crippen LogP contribution in [-0.4, -0.2) is 53.8 Å². The molecule has 0 bridgehead atoms. The van der Waals surface area contributed by atoms with Gasteiger partial charge in [0, 0.05) is 33.1 Å². The van der Waals surface area contributed by atoms with Crippen molar-refractivity contribution in [3.05, 3.63) is 53.0 Å². The van der Waals surface area contributed by atoms with Crippen LogP contribution in [0.2, 0.25) is 0 Å². The van der Waals surface area contributed by atoms with Gasteiger partial charge in [-0.25, -0.2) is 9.37 Å². The van der Waals surface area contributed by atoms with Crippen LogP contribution in [0.1, 0.15) is 51.3 Å². The summed E-state index contributed by atoms with van der Waals surface area (Å²) in [5.74, 6) is 0.0874. The van der Waals surface area contributed by atoms with Gasteiger partial charge in [-0.1, -0.05) is 12.1 Å². The minimum Gasteiger partial charge on any atom is -0.445 e. The summed E-state index contributed by atoms with van der Waals surface area (Å²) in [5, 5.41) is 0. The molecule has 1 saturated heterocycles. The van der Waals surface area contributed by atoms with Crippen LogP contribution < -0.4 is 0 Å². The van der Waals surface area contributed by atoms with Gasteiger partial charge >= 0.3 is 0 Å². The molecule has 0 saturated carbocycles. The second-order valence-electron chi connectivity index (χ2n) is 6.70. The van der Waals surface area contributed by atoms with E-state index in [1.807, 2.05) is 0 Å².